The summed E-state index contributed by atoms with van der Waals surface area (Å²) in [5.41, 5.74) is 7.70. The number of carbonyl (C=O) groups is 1. The molecule has 4 rings (SSSR count). The van der Waals surface area contributed by atoms with Gasteiger partial charge in [-0.25, -0.2) is 4.98 Å². The summed E-state index contributed by atoms with van der Waals surface area (Å²) in [7, 11) is 1.96. The first-order chi connectivity index (χ1) is 19.5. The topological polar surface area (TPSA) is 108 Å². The second kappa shape index (κ2) is 12.1. The predicted octanol–water partition coefficient (Wildman–Crippen LogP) is 5.27. The summed E-state index contributed by atoms with van der Waals surface area (Å²) in [6, 6.07) is 8.01. The molecule has 0 spiro atoms. The number of alkyl halides is 3. The minimum atomic E-state index is -4.65. The number of carbonyl (C=O) groups excluding carboxylic acids is 1. The van der Waals surface area contributed by atoms with Gasteiger partial charge in [-0.1, -0.05) is 13.0 Å². The van der Waals surface area contributed by atoms with Crippen LogP contribution in [0.4, 0.5) is 19.0 Å². The summed E-state index contributed by atoms with van der Waals surface area (Å²) in [4.78, 5) is 25.8. The number of rotatable bonds is 9. The average Bonchev–Trinajstić information content (AvgIpc) is 2.95. The number of hydrogen-bond acceptors (Lipinski definition) is 7. The Bertz CT molecular complexity index is 1480. The zero-order valence-electron chi connectivity index (χ0n) is 23.5. The zero-order chi connectivity index (χ0) is 29.9. The summed E-state index contributed by atoms with van der Waals surface area (Å²) < 4.78 is 47.8. The highest BCUT2D eigenvalue weighted by atomic mass is 19.4. The SMILES string of the molecule is CCOc1cc([C@H](C)N2CCc3c(cc(CCN(C)CC)cc3-c3cc(N)ncc3C(F)(F)F)C2=O)ncc1C#N. The van der Waals surface area contributed by atoms with Crippen LogP contribution in [0.15, 0.2) is 36.7 Å². The third-order valence-electron chi connectivity index (χ3n) is 7.45. The number of nitriles is 1. The van der Waals surface area contributed by atoms with Gasteiger partial charge in [0.05, 0.1) is 23.9 Å². The monoisotopic (exact) mass is 566 g/mol. The first-order valence-corrected chi connectivity index (χ1v) is 13.5. The molecule has 216 valence electrons. The number of nitrogens with zero attached hydrogens (tertiary/aromatic N) is 5. The van der Waals surface area contributed by atoms with Gasteiger partial charge in [-0.15, -0.1) is 0 Å². The van der Waals surface area contributed by atoms with E-state index in [2.05, 4.69) is 20.9 Å². The van der Waals surface area contributed by atoms with E-state index in [9.17, 15) is 23.2 Å². The number of amides is 1. The van der Waals surface area contributed by atoms with Gasteiger partial charge in [0, 0.05) is 37.1 Å². The second-order valence-electron chi connectivity index (χ2n) is 10.0. The van der Waals surface area contributed by atoms with Crippen LogP contribution in [0.25, 0.3) is 11.1 Å². The molecular formula is C30H33F3N6O2. The number of nitrogens with two attached hydrogens (primary N) is 1. The molecule has 0 aliphatic carbocycles. The van der Waals surface area contributed by atoms with Gasteiger partial charge in [-0.3, -0.25) is 9.78 Å². The van der Waals surface area contributed by atoms with Crippen molar-refractivity contribution in [3.05, 3.63) is 70.2 Å². The number of pyridine rings is 2. The van der Waals surface area contributed by atoms with Crippen LogP contribution in [0.5, 0.6) is 5.75 Å². The third kappa shape index (κ3) is 6.28. The maximum atomic E-state index is 14.1. The number of nitrogen functional groups attached to an aromatic ring is 1. The Morgan fingerprint density at radius 2 is 1.88 bits per heavy atom. The molecule has 0 fully saturated rings. The molecular weight excluding hydrogens is 533 g/mol. The van der Waals surface area contributed by atoms with Gasteiger partial charge in [-0.2, -0.15) is 18.4 Å². The normalized spacial score (nSPS) is 14.1. The third-order valence-corrected chi connectivity index (χ3v) is 7.45. The quantitative estimate of drug-likeness (QED) is 0.376. The van der Waals surface area contributed by atoms with Crippen molar-refractivity contribution in [3.8, 4) is 22.9 Å². The number of ether oxygens (including phenoxy) is 1. The Hall–Kier alpha value is -4.17. The molecule has 41 heavy (non-hydrogen) atoms. The van der Waals surface area contributed by atoms with Crippen LogP contribution < -0.4 is 10.5 Å². The van der Waals surface area contributed by atoms with Crippen LogP contribution in [0.2, 0.25) is 0 Å². The molecule has 1 aliphatic rings. The van der Waals surface area contributed by atoms with E-state index in [1.807, 2.05) is 27.8 Å². The summed E-state index contributed by atoms with van der Waals surface area (Å²) >= 11 is 0. The highest BCUT2D eigenvalue weighted by Gasteiger charge is 2.37. The van der Waals surface area contributed by atoms with Crippen molar-refractivity contribution >= 4 is 11.7 Å². The Kier molecular flexibility index (Phi) is 8.83. The standard InChI is InChI=1S/C30H33F3N6O2/c1-5-38(4)9-7-19-11-22(23-13-28(35)37-17-25(23)30(31,32)33)21-8-10-39(29(40)24(21)12-19)18(3)26-14-27(41-6-2)20(15-34)16-36-26/h11-14,16-18H,5-10H2,1-4H3,(H2,35,37)/t18-/m0/s1. The van der Waals surface area contributed by atoms with Crippen LogP contribution in [-0.2, 0) is 19.0 Å². The molecule has 0 radical (unpaired) electrons. The molecule has 2 N–H and O–H groups in total. The van der Waals surface area contributed by atoms with E-state index in [0.717, 1.165) is 18.3 Å². The predicted molar refractivity (Wildman–Crippen MR) is 149 cm³/mol. The lowest BCUT2D eigenvalue weighted by molar-refractivity contribution is -0.137. The summed E-state index contributed by atoms with van der Waals surface area (Å²) in [5, 5.41) is 9.38. The van der Waals surface area contributed by atoms with E-state index < -0.39 is 17.8 Å². The van der Waals surface area contributed by atoms with Gasteiger partial charge < -0.3 is 20.3 Å². The van der Waals surface area contributed by atoms with E-state index in [4.69, 9.17) is 10.5 Å². The van der Waals surface area contributed by atoms with Gasteiger partial charge in [-0.05, 0) is 74.7 Å². The summed E-state index contributed by atoms with van der Waals surface area (Å²) in [6.07, 6.45) is -1.60. The number of aromatic nitrogens is 2. The lowest BCUT2D eigenvalue weighted by Gasteiger charge is -2.35. The maximum absolute atomic E-state index is 14.1. The zero-order valence-corrected chi connectivity index (χ0v) is 23.5. The molecule has 0 bridgehead atoms. The smallest absolute Gasteiger partial charge is 0.418 e. The van der Waals surface area contributed by atoms with Crippen molar-refractivity contribution in [2.24, 2.45) is 0 Å². The molecule has 0 saturated carbocycles. The molecule has 1 amide bonds. The van der Waals surface area contributed by atoms with Gasteiger partial charge in [0.15, 0.2) is 0 Å². The summed E-state index contributed by atoms with van der Waals surface area (Å²) in [5.74, 6) is 0.0499. The number of benzene rings is 1. The fourth-order valence-corrected chi connectivity index (χ4v) is 5.03. The molecule has 11 heteroatoms. The lowest BCUT2D eigenvalue weighted by atomic mass is 9.86. The molecule has 1 aliphatic heterocycles. The van der Waals surface area contributed by atoms with Crippen molar-refractivity contribution in [2.45, 2.75) is 45.8 Å². The minimum absolute atomic E-state index is 0.0350. The largest absolute Gasteiger partial charge is 0.492 e. The number of likely N-dealkylation sites (N-methyl/N-ethyl adjacent to an activating group) is 1. The summed E-state index contributed by atoms with van der Waals surface area (Å²) in [6.45, 7) is 7.77. The molecule has 0 unspecified atom stereocenters. The fourth-order valence-electron chi connectivity index (χ4n) is 5.03. The van der Waals surface area contributed by atoms with Crippen molar-refractivity contribution in [3.63, 3.8) is 0 Å². The molecule has 3 heterocycles. The Balaban J connectivity index is 1.81. The fraction of sp³-hybridized carbons (Fsp3) is 0.400. The molecule has 3 aromatic rings. The van der Waals surface area contributed by atoms with Crippen molar-refractivity contribution in [1.82, 2.24) is 19.8 Å². The van der Waals surface area contributed by atoms with Crippen LogP contribution in [0, 0.1) is 11.3 Å². The van der Waals surface area contributed by atoms with E-state index in [0.29, 0.717) is 59.7 Å². The lowest BCUT2D eigenvalue weighted by Crippen LogP contribution is -2.40. The Morgan fingerprint density at radius 1 is 1.15 bits per heavy atom. The van der Waals surface area contributed by atoms with Crippen molar-refractivity contribution in [2.75, 3.05) is 39.0 Å². The average molecular weight is 567 g/mol. The van der Waals surface area contributed by atoms with Crippen molar-refractivity contribution < 1.29 is 22.7 Å². The van der Waals surface area contributed by atoms with Crippen LogP contribution in [0.1, 0.15) is 65.1 Å². The van der Waals surface area contributed by atoms with Crippen LogP contribution in [-0.4, -0.2) is 59.0 Å². The molecule has 8 nitrogen and oxygen atoms in total. The highest BCUT2D eigenvalue weighted by molar-refractivity contribution is 5.99. The molecule has 1 atom stereocenters. The number of hydrogen-bond donors (Lipinski definition) is 1. The van der Waals surface area contributed by atoms with Crippen molar-refractivity contribution in [1.29, 1.82) is 5.26 Å². The Morgan fingerprint density at radius 3 is 2.54 bits per heavy atom. The Labute approximate surface area is 237 Å². The van der Waals surface area contributed by atoms with E-state index >= 15 is 0 Å². The minimum Gasteiger partial charge on any atom is -0.492 e. The highest BCUT2D eigenvalue weighted by Crippen LogP contribution is 2.41. The second-order valence-corrected chi connectivity index (χ2v) is 10.0. The molecule has 2 aromatic heterocycles. The van der Waals surface area contributed by atoms with Crippen LogP contribution >= 0.6 is 0 Å². The van der Waals surface area contributed by atoms with Gasteiger partial charge in [0.1, 0.15) is 23.2 Å². The first-order valence-electron chi connectivity index (χ1n) is 13.5. The van der Waals surface area contributed by atoms with Gasteiger partial charge in [0.25, 0.3) is 5.91 Å². The van der Waals surface area contributed by atoms with Gasteiger partial charge >= 0.3 is 6.18 Å². The molecule has 1 aromatic carbocycles. The van der Waals surface area contributed by atoms with E-state index in [-0.39, 0.29) is 23.8 Å². The number of halogens is 3. The van der Waals surface area contributed by atoms with Gasteiger partial charge in [0.2, 0.25) is 0 Å². The molecule has 0 saturated heterocycles. The van der Waals surface area contributed by atoms with E-state index in [1.165, 1.54) is 12.3 Å². The maximum Gasteiger partial charge on any atom is 0.418 e. The first kappa shape index (κ1) is 29.8. The van der Waals surface area contributed by atoms with Crippen LogP contribution in [0.3, 0.4) is 0 Å². The number of fused-ring (bicyclic) bond motifs is 1. The number of anilines is 1. The van der Waals surface area contributed by atoms with E-state index in [1.54, 1.807) is 23.1 Å².